The molecule has 1 fully saturated rings. The van der Waals surface area contributed by atoms with E-state index in [1.165, 1.54) is 22.7 Å². The van der Waals surface area contributed by atoms with Crippen molar-refractivity contribution in [3.8, 4) is 0 Å². The normalized spacial score (nSPS) is 20.7. The Labute approximate surface area is 126 Å². The van der Waals surface area contributed by atoms with Crippen molar-refractivity contribution in [1.82, 2.24) is 13.6 Å². The zero-order valence-electron chi connectivity index (χ0n) is 12.8. The van der Waals surface area contributed by atoms with Gasteiger partial charge in [0, 0.05) is 45.6 Å². The summed E-state index contributed by atoms with van der Waals surface area (Å²) in [5.74, 6) is 0. The van der Waals surface area contributed by atoms with Gasteiger partial charge < -0.3 is 10.1 Å². The van der Waals surface area contributed by atoms with Gasteiger partial charge in [0.15, 0.2) is 0 Å². The number of pyridine rings is 1. The Balaban J connectivity index is 2.24. The highest BCUT2D eigenvalue weighted by molar-refractivity contribution is 7.86. The van der Waals surface area contributed by atoms with E-state index in [1.807, 2.05) is 26.1 Å². The molecule has 1 aliphatic rings. The van der Waals surface area contributed by atoms with E-state index < -0.39 is 10.2 Å². The molecule has 1 unspecified atom stereocenters. The van der Waals surface area contributed by atoms with Crippen molar-refractivity contribution in [2.45, 2.75) is 13.0 Å². The second-order valence-electron chi connectivity index (χ2n) is 5.18. The molecule has 0 spiro atoms. The number of hydrogen-bond donors (Lipinski definition) is 1. The highest BCUT2D eigenvalue weighted by Gasteiger charge is 2.32. The monoisotopic (exact) mass is 314 g/mol. The van der Waals surface area contributed by atoms with Gasteiger partial charge in [0.25, 0.3) is 10.2 Å². The first-order chi connectivity index (χ1) is 9.84. The predicted octanol–water partition coefficient (Wildman–Crippen LogP) is 0.611. The third kappa shape index (κ3) is 3.52. The summed E-state index contributed by atoms with van der Waals surface area (Å²) in [6.07, 6.45) is -0.347. The van der Waals surface area contributed by atoms with Crippen molar-refractivity contribution in [1.29, 1.82) is 0 Å². The van der Waals surface area contributed by atoms with E-state index in [0.717, 1.165) is 17.1 Å². The first kappa shape index (κ1) is 16.2. The smallest absolute Gasteiger partial charge is 0.281 e. The predicted molar refractivity (Wildman–Crippen MR) is 81.4 cm³/mol. The second-order valence-corrected chi connectivity index (χ2v) is 7.32. The lowest BCUT2D eigenvalue weighted by atomic mass is 10.1. The molecule has 1 aromatic rings. The van der Waals surface area contributed by atoms with Gasteiger partial charge >= 0.3 is 0 Å². The molecule has 0 aliphatic carbocycles. The Morgan fingerprint density at radius 1 is 1.43 bits per heavy atom. The van der Waals surface area contributed by atoms with Crippen LogP contribution in [-0.4, -0.2) is 62.9 Å². The Morgan fingerprint density at radius 3 is 2.76 bits per heavy atom. The van der Waals surface area contributed by atoms with E-state index in [4.69, 9.17) is 4.74 Å². The Bertz CT molecular complexity index is 603. The van der Waals surface area contributed by atoms with E-state index >= 15 is 0 Å². The molecule has 21 heavy (non-hydrogen) atoms. The van der Waals surface area contributed by atoms with E-state index in [2.05, 4.69) is 10.3 Å². The van der Waals surface area contributed by atoms with Gasteiger partial charge in [-0.2, -0.15) is 17.0 Å². The molecule has 0 amide bonds. The summed E-state index contributed by atoms with van der Waals surface area (Å²) >= 11 is 0. The van der Waals surface area contributed by atoms with Crippen LogP contribution in [-0.2, 0) is 14.9 Å². The number of ether oxygens (including phenoxy) is 1. The van der Waals surface area contributed by atoms with E-state index in [9.17, 15) is 8.42 Å². The number of hydrogen-bond acceptors (Lipinski definition) is 5. The Morgan fingerprint density at radius 2 is 2.14 bits per heavy atom. The number of morpholine rings is 1. The van der Waals surface area contributed by atoms with Crippen LogP contribution < -0.4 is 5.32 Å². The van der Waals surface area contributed by atoms with Crippen LogP contribution >= 0.6 is 0 Å². The minimum absolute atomic E-state index is 0.278. The molecule has 0 saturated carbocycles. The summed E-state index contributed by atoms with van der Waals surface area (Å²) in [6.45, 7) is 2.91. The van der Waals surface area contributed by atoms with Crippen molar-refractivity contribution in [3.63, 3.8) is 0 Å². The van der Waals surface area contributed by atoms with Gasteiger partial charge in [-0.1, -0.05) is 0 Å². The lowest BCUT2D eigenvalue weighted by Gasteiger charge is -2.33. The molecule has 118 valence electrons. The van der Waals surface area contributed by atoms with Crippen LogP contribution in [0.3, 0.4) is 0 Å². The molecule has 1 N–H and O–H groups in total. The number of rotatable bonds is 4. The third-order valence-electron chi connectivity index (χ3n) is 3.41. The number of aryl methyl sites for hydroxylation is 1. The summed E-state index contributed by atoms with van der Waals surface area (Å²) in [7, 11) is 1.48. The molecule has 2 heterocycles. The minimum Gasteiger partial charge on any atom is -0.388 e. The summed E-state index contributed by atoms with van der Waals surface area (Å²) < 4.78 is 32.8. The molecule has 1 atom stereocenters. The quantitative estimate of drug-likeness (QED) is 0.881. The molecule has 7 nitrogen and oxygen atoms in total. The fraction of sp³-hybridized carbons (Fsp3) is 0.615. The van der Waals surface area contributed by atoms with Crippen LogP contribution in [0.2, 0.25) is 0 Å². The molecule has 8 heteroatoms. The largest absolute Gasteiger partial charge is 0.388 e. The van der Waals surface area contributed by atoms with Crippen LogP contribution in [0, 0.1) is 6.92 Å². The Hall–Kier alpha value is -1.22. The van der Waals surface area contributed by atoms with Crippen molar-refractivity contribution in [2.75, 3.05) is 46.2 Å². The lowest BCUT2D eigenvalue weighted by molar-refractivity contribution is -0.00626. The van der Waals surface area contributed by atoms with Gasteiger partial charge in [-0.15, -0.1) is 0 Å². The average molecular weight is 314 g/mol. The van der Waals surface area contributed by atoms with E-state index in [1.54, 1.807) is 0 Å². The maximum absolute atomic E-state index is 12.2. The average Bonchev–Trinajstić information content (AvgIpc) is 2.46. The van der Waals surface area contributed by atoms with Crippen molar-refractivity contribution < 1.29 is 13.2 Å². The molecule has 1 aromatic heterocycles. The summed E-state index contributed by atoms with van der Waals surface area (Å²) in [6, 6.07) is 3.82. The van der Waals surface area contributed by atoms with E-state index in [0.29, 0.717) is 13.2 Å². The number of anilines is 1. The van der Waals surface area contributed by atoms with Gasteiger partial charge in [-0.05, 0) is 19.1 Å². The first-order valence-electron chi connectivity index (χ1n) is 6.80. The number of aromatic nitrogens is 1. The molecular formula is C13H22N4O3S. The maximum Gasteiger partial charge on any atom is 0.281 e. The molecule has 0 bridgehead atoms. The SMILES string of the molecule is CNc1cc(C)nc(C2CN(S(=O)(=O)N(C)C)CCO2)c1. The van der Waals surface area contributed by atoms with Gasteiger partial charge in [0.05, 0.1) is 12.3 Å². The van der Waals surface area contributed by atoms with Crippen LogP contribution in [0.25, 0.3) is 0 Å². The molecule has 1 aliphatic heterocycles. The van der Waals surface area contributed by atoms with Crippen LogP contribution in [0.1, 0.15) is 17.5 Å². The van der Waals surface area contributed by atoms with Crippen molar-refractivity contribution in [3.05, 3.63) is 23.5 Å². The van der Waals surface area contributed by atoms with Gasteiger partial charge in [-0.3, -0.25) is 4.98 Å². The van der Waals surface area contributed by atoms with Crippen LogP contribution in [0.15, 0.2) is 12.1 Å². The van der Waals surface area contributed by atoms with E-state index in [-0.39, 0.29) is 12.6 Å². The maximum atomic E-state index is 12.2. The number of nitrogens with one attached hydrogen (secondary N) is 1. The van der Waals surface area contributed by atoms with Crippen LogP contribution in [0.5, 0.6) is 0 Å². The Kier molecular flexibility index (Phi) is 4.82. The zero-order valence-corrected chi connectivity index (χ0v) is 13.6. The molecule has 2 rings (SSSR count). The summed E-state index contributed by atoms with van der Waals surface area (Å²) in [5, 5.41) is 3.07. The van der Waals surface area contributed by atoms with Gasteiger partial charge in [-0.25, -0.2) is 0 Å². The second kappa shape index (κ2) is 6.27. The van der Waals surface area contributed by atoms with Crippen molar-refractivity contribution in [2.24, 2.45) is 0 Å². The number of nitrogens with zero attached hydrogens (tertiary/aromatic N) is 3. The fourth-order valence-corrected chi connectivity index (χ4v) is 3.34. The molecule has 1 saturated heterocycles. The van der Waals surface area contributed by atoms with Gasteiger partial charge in [0.1, 0.15) is 6.10 Å². The third-order valence-corrected chi connectivity index (χ3v) is 5.32. The zero-order chi connectivity index (χ0) is 15.6. The lowest BCUT2D eigenvalue weighted by Crippen LogP contribution is -2.47. The standard InChI is InChI=1S/C13H22N4O3S/c1-10-7-11(14-2)8-12(15-10)13-9-17(5-6-20-13)21(18,19)16(3)4/h7-8,13H,5-6,9H2,1-4H3,(H,14,15). The summed E-state index contributed by atoms with van der Waals surface area (Å²) in [5.41, 5.74) is 2.56. The molecule has 0 radical (unpaired) electrons. The highest BCUT2D eigenvalue weighted by atomic mass is 32.2. The summed E-state index contributed by atoms with van der Waals surface area (Å²) in [4.78, 5) is 4.47. The fourth-order valence-electron chi connectivity index (χ4n) is 2.25. The molecular weight excluding hydrogens is 292 g/mol. The van der Waals surface area contributed by atoms with Crippen molar-refractivity contribution >= 4 is 15.9 Å². The van der Waals surface area contributed by atoms with Crippen LogP contribution in [0.4, 0.5) is 5.69 Å². The van der Waals surface area contributed by atoms with Gasteiger partial charge in [0.2, 0.25) is 0 Å². The topological polar surface area (TPSA) is 74.8 Å². The highest BCUT2D eigenvalue weighted by Crippen LogP contribution is 2.25. The minimum atomic E-state index is -3.42. The first-order valence-corrected chi connectivity index (χ1v) is 8.20. The molecule has 0 aromatic carbocycles.